The average Bonchev–Trinajstić information content (AvgIpc) is 0. The molecule has 0 aromatic heterocycles. The molecule has 0 aliphatic rings. The molecule has 0 rings (SSSR count). The Morgan fingerprint density at radius 2 is 0.333 bits per heavy atom. The van der Waals surface area contributed by atoms with E-state index in [1.165, 1.54) is 0 Å². The normalized spacial score (nSPS) is 0. The largest absolute Gasteiger partial charge is 2.00 e. The van der Waals surface area contributed by atoms with Crippen LogP contribution < -0.4 is 70.9 Å². The summed E-state index contributed by atoms with van der Waals surface area (Å²) in [4.78, 5) is 0. The number of hydrogen-bond acceptors (Lipinski definition) is 6. The van der Waals surface area contributed by atoms with E-state index in [2.05, 4.69) is 0 Å². The van der Waals surface area contributed by atoms with Crippen LogP contribution in [0.25, 0.3) is 0 Å². The Labute approximate surface area is 87.5 Å². The minimum atomic E-state index is 0. The topological polar surface area (TPSA) is 210 Å². The fourth-order valence-electron chi connectivity index (χ4n) is 0. The molecule has 0 atom stereocenters. The zero-order valence-corrected chi connectivity index (χ0v) is 9.54. The van der Waals surface area contributed by atoms with Gasteiger partial charge < -0.3 is 70.9 Å². The van der Waals surface area contributed by atoms with E-state index in [4.69, 9.17) is 0 Å². The summed E-state index contributed by atoms with van der Waals surface area (Å²) in [6.45, 7) is 0. The fourth-order valence-corrected chi connectivity index (χ4v) is 0. The van der Waals surface area contributed by atoms with Crippen molar-refractivity contribution in [2.75, 3.05) is 0 Å². The monoisotopic (exact) mass is 319 g/mol. The quantitative estimate of drug-likeness (QED) is 0.257. The van der Waals surface area contributed by atoms with Gasteiger partial charge >= 0.3 is 16.8 Å². The van der Waals surface area contributed by atoms with Crippen LogP contribution in [-0.4, -0.2) is 0 Å². The van der Waals surface area contributed by atoms with Gasteiger partial charge in [-0.15, -0.1) is 0 Å². The van der Waals surface area contributed by atoms with Crippen molar-refractivity contribution in [2.24, 2.45) is 0 Å². The predicted molar refractivity (Wildman–Crippen MR) is 30.1 cm³/mol. The minimum absolute atomic E-state index is 0. The van der Waals surface area contributed by atoms with Crippen LogP contribution in [0.15, 0.2) is 0 Å². The maximum absolute atomic E-state index is 0. The average molecular weight is 321 g/mol. The Kier molecular flexibility index (Phi) is 26700. The summed E-state index contributed by atoms with van der Waals surface area (Å²) in [5, 5.41) is 0. The molecule has 0 aliphatic heterocycles. The Balaban J connectivity index is 0. The number of hydrogen-bond donors (Lipinski definition) is 6. The third-order valence-corrected chi connectivity index (χ3v) is 0. The van der Waals surface area contributed by atoms with E-state index in [1.54, 1.807) is 0 Å². The molecule has 0 amide bonds. The Hall–Kier alpha value is 1.23. The Bertz CT molecular complexity index is 11.0. The van der Waals surface area contributed by atoms with Crippen molar-refractivity contribution in [3.8, 4) is 0 Å². The van der Waals surface area contributed by atoms with Gasteiger partial charge in [0.15, 0.2) is 0 Å². The van der Waals surface area contributed by atoms with Gasteiger partial charge in [0.25, 0.3) is 0 Å². The smallest absolute Gasteiger partial charge is 1.00 e. The maximum Gasteiger partial charge on any atom is 2.00 e. The van der Waals surface area contributed by atoms with Gasteiger partial charge in [-0.05, 0) is 0 Å². The standard InChI is InChI=1S/2BrH.Co.6H3N/h2*1H;;6*1H3/q;;+2;;;;;;/p-2. The Morgan fingerprint density at radius 1 is 0.333 bits per heavy atom. The summed E-state index contributed by atoms with van der Waals surface area (Å²) < 4.78 is 0. The van der Waals surface area contributed by atoms with Crippen molar-refractivity contribution < 1.29 is 50.7 Å². The molecule has 1 radical (unpaired) electrons. The molecular weight excluding hydrogens is 303 g/mol. The van der Waals surface area contributed by atoms with E-state index >= 15 is 0 Å². The summed E-state index contributed by atoms with van der Waals surface area (Å²) in [5.41, 5.74) is 0. The third-order valence-electron chi connectivity index (χ3n) is 0. The second-order valence-electron chi connectivity index (χ2n) is 0. The molecule has 0 fully saturated rings. The summed E-state index contributed by atoms with van der Waals surface area (Å²) in [6.07, 6.45) is 0. The van der Waals surface area contributed by atoms with E-state index in [0.717, 1.165) is 0 Å². The zero-order chi connectivity index (χ0) is 0. The third kappa shape index (κ3) is 320. The van der Waals surface area contributed by atoms with Crippen molar-refractivity contribution >= 4 is 0 Å². The molecule has 0 saturated heterocycles. The van der Waals surface area contributed by atoms with Gasteiger partial charge in [-0.2, -0.15) is 0 Å². The van der Waals surface area contributed by atoms with Crippen molar-refractivity contribution in [3.63, 3.8) is 0 Å². The molecule has 0 bridgehead atoms. The molecule has 71 valence electrons. The molecule has 9 heteroatoms. The van der Waals surface area contributed by atoms with E-state index in [0.29, 0.717) is 0 Å². The van der Waals surface area contributed by atoms with Crippen molar-refractivity contribution in [1.82, 2.24) is 36.9 Å². The molecule has 18 N–H and O–H groups in total. The fraction of sp³-hybridized carbons (Fsp3) is 0. The predicted octanol–water partition coefficient (Wildman–Crippen LogP) is -5.02. The molecule has 9 heavy (non-hydrogen) atoms. The van der Waals surface area contributed by atoms with Crippen LogP contribution in [0.5, 0.6) is 0 Å². The van der Waals surface area contributed by atoms with Gasteiger partial charge in [0.05, 0.1) is 0 Å². The molecule has 0 saturated carbocycles. The van der Waals surface area contributed by atoms with Gasteiger partial charge in [0, 0.05) is 0 Å². The van der Waals surface area contributed by atoms with Crippen LogP contribution in [0.2, 0.25) is 0 Å². The molecule has 0 aromatic rings. The number of halogens is 2. The molecule has 0 aromatic carbocycles. The number of rotatable bonds is 0. The summed E-state index contributed by atoms with van der Waals surface area (Å²) >= 11 is 0. The maximum atomic E-state index is 0. The molecule has 0 unspecified atom stereocenters. The minimum Gasteiger partial charge on any atom is -1.00 e. The van der Waals surface area contributed by atoms with Crippen LogP contribution in [-0.2, 0) is 16.8 Å². The molecule has 6 nitrogen and oxygen atoms in total. The van der Waals surface area contributed by atoms with Crippen molar-refractivity contribution in [2.45, 2.75) is 0 Å². The van der Waals surface area contributed by atoms with Gasteiger partial charge in [-0.3, -0.25) is 0 Å². The van der Waals surface area contributed by atoms with Gasteiger partial charge in [-0.1, -0.05) is 0 Å². The van der Waals surface area contributed by atoms with E-state index in [9.17, 15) is 0 Å². The van der Waals surface area contributed by atoms with Crippen molar-refractivity contribution in [3.05, 3.63) is 0 Å². The molecule has 0 aliphatic carbocycles. The first kappa shape index (κ1) is 579. The summed E-state index contributed by atoms with van der Waals surface area (Å²) in [6, 6.07) is 0. The van der Waals surface area contributed by atoms with Crippen LogP contribution in [0.4, 0.5) is 0 Å². The van der Waals surface area contributed by atoms with E-state index in [1.807, 2.05) is 0 Å². The molecule has 0 spiro atoms. The van der Waals surface area contributed by atoms with Crippen LogP contribution >= 0.6 is 0 Å². The second kappa shape index (κ2) is 415. The zero-order valence-electron chi connectivity index (χ0n) is 5.33. The first-order chi connectivity index (χ1) is 0. The van der Waals surface area contributed by atoms with Crippen LogP contribution in [0.1, 0.15) is 0 Å². The summed E-state index contributed by atoms with van der Waals surface area (Å²) in [5.74, 6) is 0. The SMILES string of the molecule is N.N.N.N.N.N.[Br-].[Br-].[Co+2]. The second-order valence-corrected chi connectivity index (χ2v) is 0. The van der Waals surface area contributed by atoms with Gasteiger partial charge in [0.2, 0.25) is 0 Å². The first-order valence-corrected chi connectivity index (χ1v) is 0. The van der Waals surface area contributed by atoms with Crippen LogP contribution in [0.3, 0.4) is 0 Å². The van der Waals surface area contributed by atoms with Crippen molar-refractivity contribution in [1.29, 1.82) is 0 Å². The van der Waals surface area contributed by atoms with Gasteiger partial charge in [0.1, 0.15) is 0 Å². The Morgan fingerprint density at radius 3 is 0.333 bits per heavy atom. The van der Waals surface area contributed by atoms with Crippen LogP contribution in [0, 0.1) is 0 Å². The van der Waals surface area contributed by atoms with Gasteiger partial charge in [-0.25, -0.2) is 0 Å². The molecular formula is H18Br2CoN6. The summed E-state index contributed by atoms with van der Waals surface area (Å²) in [7, 11) is 0. The molecule has 0 heterocycles. The first-order valence-electron chi connectivity index (χ1n) is 0. The van der Waals surface area contributed by atoms with E-state index < -0.39 is 0 Å². The van der Waals surface area contributed by atoms with E-state index in [-0.39, 0.29) is 87.6 Å².